The van der Waals surface area contributed by atoms with E-state index in [1.54, 1.807) is 6.07 Å². The fourth-order valence-electron chi connectivity index (χ4n) is 5.08. The highest BCUT2D eigenvalue weighted by atomic mass is 19.4. The van der Waals surface area contributed by atoms with Crippen molar-refractivity contribution in [1.29, 1.82) is 0 Å². The predicted molar refractivity (Wildman–Crippen MR) is 117 cm³/mol. The Balaban J connectivity index is 1.81. The topological polar surface area (TPSA) is 29.1 Å². The van der Waals surface area contributed by atoms with E-state index in [1.807, 2.05) is 50.2 Å². The molecule has 1 aliphatic carbocycles. The molecule has 3 aromatic carbocycles. The van der Waals surface area contributed by atoms with Gasteiger partial charge in [0, 0.05) is 23.2 Å². The number of carbonyl (C=O) groups excluding carboxylic acids is 1. The highest BCUT2D eigenvalue weighted by molar-refractivity contribution is 6.12. The summed E-state index contributed by atoms with van der Waals surface area (Å²) < 4.78 is 41.5. The Morgan fingerprint density at radius 3 is 2.42 bits per heavy atom. The Kier molecular flexibility index (Phi) is 4.30. The number of fused-ring (bicyclic) bond motifs is 4. The number of rotatable bonds is 1. The summed E-state index contributed by atoms with van der Waals surface area (Å²) in [6.07, 6.45) is -3.54. The van der Waals surface area contributed by atoms with Crippen molar-refractivity contribution in [1.82, 2.24) is 0 Å². The quantitative estimate of drug-likeness (QED) is 0.451. The largest absolute Gasteiger partial charge is 0.416 e. The van der Waals surface area contributed by atoms with Crippen molar-refractivity contribution < 1.29 is 18.0 Å². The summed E-state index contributed by atoms with van der Waals surface area (Å²) in [6, 6.07) is 16.5. The zero-order chi connectivity index (χ0) is 22.0. The molecule has 0 amide bonds. The summed E-state index contributed by atoms with van der Waals surface area (Å²) >= 11 is 0. The van der Waals surface area contributed by atoms with E-state index in [2.05, 4.69) is 5.32 Å². The number of Topliss-reactive ketones (excluding diaryl/α,β-unsaturated/α-hetero) is 1. The third-order valence-corrected chi connectivity index (χ3v) is 6.32. The summed E-state index contributed by atoms with van der Waals surface area (Å²) in [5.74, 6) is -0.0840. The van der Waals surface area contributed by atoms with Crippen molar-refractivity contribution in [2.45, 2.75) is 38.9 Å². The van der Waals surface area contributed by atoms with Crippen LogP contribution < -0.4 is 5.32 Å². The van der Waals surface area contributed by atoms with Crippen molar-refractivity contribution in [3.05, 3.63) is 82.9 Å². The van der Waals surface area contributed by atoms with Gasteiger partial charge in [-0.1, -0.05) is 62.4 Å². The van der Waals surface area contributed by atoms with Crippen LogP contribution in [0.4, 0.5) is 18.9 Å². The number of hydrogen-bond acceptors (Lipinski definition) is 2. The van der Waals surface area contributed by atoms with Gasteiger partial charge >= 0.3 is 6.18 Å². The molecule has 5 heteroatoms. The second-order valence-corrected chi connectivity index (χ2v) is 9.20. The van der Waals surface area contributed by atoms with Crippen LogP contribution in [0, 0.1) is 5.41 Å². The van der Waals surface area contributed by atoms with Gasteiger partial charge in [0.2, 0.25) is 0 Å². The lowest BCUT2D eigenvalue weighted by Crippen LogP contribution is -2.34. The van der Waals surface area contributed by atoms with Gasteiger partial charge in [-0.15, -0.1) is 0 Å². The molecule has 2 aliphatic rings. The molecule has 0 radical (unpaired) electrons. The van der Waals surface area contributed by atoms with Gasteiger partial charge in [-0.2, -0.15) is 13.2 Å². The van der Waals surface area contributed by atoms with Crippen LogP contribution in [-0.2, 0) is 11.0 Å². The van der Waals surface area contributed by atoms with Gasteiger partial charge in [-0.05, 0) is 45.9 Å². The molecule has 1 heterocycles. The molecule has 1 aliphatic heterocycles. The van der Waals surface area contributed by atoms with Crippen molar-refractivity contribution in [3.8, 4) is 0 Å². The van der Waals surface area contributed by atoms with Crippen LogP contribution in [0.15, 0.2) is 66.2 Å². The third-order valence-electron chi connectivity index (χ3n) is 6.32. The zero-order valence-electron chi connectivity index (χ0n) is 17.3. The highest BCUT2D eigenvalue weighted by Crippen LogP contribution is 2.53. The molecule has 0 saturated carbocycles. The molecule has 158 valence electrons. The minimum absolute atomic E-state index is 0.0840. The second kappa shape index (κ2) is 6.71. The van der Waals surface area contributed by atoms with Gasteiger partial charge in [0.15, 0.2) is 5.78 Å². The van der Waals surface area contributed by atoms with E-state index in [0.717, 1.165) is 33.7 Å². The molecule has 0 saturated heterocycles. The van der Waals surface area contributed by atoms with Crippen LogP contribution in [0.1, 0.15) is 49.4 Å². The number of ketones is 1. The predicted octanol–water partition coefficient (Wildman–Crippen LogP) is 7.17. The van der Waals surface area contributed by atoms with Gasteiger partial charge in [-0.25, -0.2) is 0 Å². The summed E-state index contributed by atoms with van der Waals surface area (Å²) in [5, 5.41) is 5.35. The van der Waals surface area contributed by atoms with E-state index in [4.69, 9.17) is 0 Å². The average molecular weight is 421 g/mol. The maximum absolute atomic E-state index is 13.8. The van der Waals surface area contributed by atoms with Crippen LogP contribution in [0.25, 0.3) is 16.3 Å². The molecular weight excluding hydrogens is 399 g/mol. The lowest BCUT2D eigenvalue weighted by molar-refractivity contribution is -0.138. The summed E-state index contributed by atoms with van der Waals surface area (Å²) in [7, 11) is 0. The normalized spacial score (nSPS) is 20.3. The van der Waals surface area contributed by atoms with Gasteiger partial charge in [-0.3, -0.25) is 4.79 Å². The fraction of sp³-hybridized carbons (Fsp3) is 0.269. The average Bonchev–Trinajstić information content (AvgIpc) is 2.71. The maximum Gasteiger partial charge on any atom is 0.416 e. The van der Waals surface area contributed by atoms with Crippen molar-refractivity contribution >= 4 is 27.8 Å². The Hall–Kier alpha value is -3.08. The van der Waals surface area contributed by atoms with Gasteiger partial charge in [0.1, 0.15) is 0 Å². The Bertz CT molecular complexity index is 1250. The smallest absolute Gasteiger partial charge is 0.373 e. The second-order valence-electron chi connectivity index (χ2n) is 9.20. The number of anilines is 1. The standard InChI is InChI=1S/C26H22F3NO/c1-25(2)13-18-22-16-8-4-3-7-15(16)11-12-20(22)30-24(23(18)21(31)14-25)17-9-5-6-10-19(17)26(27,28)29/h3-12,24,30H,13-14H2,1-2H3/t24-/m0/s1. The van der Waals surface area contributed by atoms with Crippen LogP contribution in [0.2, 0.25) is 0 Å². The monoisotopic (exact) mass is 421 g/mol. The van der Waals surface area contributed by atoms with E-state index < -0.39 is 17.8 Å². The van der Waals surface area contributed by atoms with Gasteiger partial charge in [0.25, 0.3) is 0 Å². The molecule has 1 atom stereocenters. The van der Waals surface area contributed by atoms with Crippen molar-refractivity contribution in [2.75, 3.05) is 5.32 Å². The van der Waals surface area contributed by atoms with E-state index >= 15 is 0 Å². The molecule has 0 spiro atoms. The van der Waals surface area contributed by atoms with E-state index in [-0.39, 0.29) is 16.8 Å². The fourth-order valence-corrected chi connectivity index (χ4v) is 5.08. The first-order valence-corrected chi connectivity index (χ1v) is 10.4. The lowest BCUT2D eigenvalue weighted by Gasteiger charge is -2.40. The zero-order valence-corrected chi connectivity index (χ0v) is 17.3. The van der Waals surface area contributed by atoms with E-state index in [9.17, 15) is 18.0 Å². The van der Waals surface area contributed by atoms with E-state index in [1.165, 1.54) is 12.1 Å². The first-order chi connectivity index (χ1) is 14.7. The summed E-state index contributed by atoms with van der Waals surface area (Å²) in [4.78, 5) is 13.4. The summed E-state index contributed by atoms with van der Waals surface area (Å²) in [5.41, 5.74) is 2.18. The molecule has 0 bridgehead atoms. The van der Waals surface area contributed by atoms with Crippen LogP contribution in [0.5, 0.6) is 0 Å². The molecule has 0 aromatic heterocycles. The van der Waals surface area contributed by atoms with Crippen LogP contribution in [-0.4, -0.2) is 5.78 Å². The number of benzene rings is 3. The molecule has 1 N–H and O–H groups in total. The lowest BCUT2D eigenvalue weighted by atomic mass is 9.67. The minimum atomic E-state index is -4.50. The highest BCUT2D eigenvalue weighted by Gasteiger charge is 2.43. The molecular formula is C26H22F3NO. The molecule has 0 unspecified atom stereocenters. The number of carbonyl (C=O) groups is 1. The Labute approximate surface area is 178 Å². The minimum Gasteiger partial charge on any atom is -0.373 e. The molecule has 3 aromatic rings. The number of halogens is 3. The number of hydrogen-bond donors (Lipinski definition) is 1. The molecule has 5 rings (SSSR count). The number of nitrogens with one attached hydrogen (secondary N) is 1. The van der Waals surface area contributed by atoms with Crippen LogP contribution >= 0.6 is 0 Å². The van der Waals surface area contributed by atoms with Crippen molar-refractivity contribution in [2.24, 2.45) is 5.41 Å². The summed E-state index contributed by atoms with van der Waals surface area (Å²) in [6.45, 7) is 4.08. The van der Waals surface area contributed by atoms with Gasteiger partial charge < -0.3 is 5.32 Å². The third kappa shape index (κ3) is 3.23. The Morgan fingerprint density at radius 2 is 1.65 bits per heavy atom. The first-order valence-electron chi connectivity index (χ1n) is 10.4. The van der Waals surface area contributed by atoms with Gasteiger partial charge in [0.05, 0.1) is 11.6 Å². The number of alkyl halides is 3. The number of allylic oxidation sites excluding steroid dienone is 1. The molecule has 31 heavy (non-hydrogen) atoms. The van der Waals surface area contributed by atoms with Crippen molar-refractivity contribution in [3.63, 3.8) is 0 Å². The van der Waals surface area contributed by atoms with E-state index in [0.29, 0.717) is 18.4 Å². The molecule has 0 fully saturated rings. The van der Waals surface area contributed by atoms with Crippen LogP contribution in [0.3, 0.4) is 0 Å². The first kappa shape index (κ1) is 19.9. The maximum atomic E-state index is 13.8. The SMILES string of the molecule is CC1(C)CC(=O)C2=C(C1)c1c(ccc3ccccc13)N[C@H]2c1ccccc1C(F)(F)F. The molecule has 2 nitrogen and oxygen atoms in total. The Morgan fingerprint density at radius 1 is 0.935 bits per heavy atom.